The van der Waals surface area contributed by atoms with Gasteiger partial charge < -0.3 is 14.8 Å². The summed E-state index contributed by atoms with van der Waals surface area (Å²) >= 11 is 0. The molecule has 0 aromatic heterocycles. The Morgan fingerprint density at radius 1 is 1.23 bits per heavy atom. The molecule has 0 bridgehead atoms. The topological polar surface area (TPSA) is 67.9 Å². The van der Waals surface area contributed by atoms with Crippen LogP contribution in [0.2, 0.25) is 0 Å². The van der Waals surface area contributed by atoms with E-state index in [2.05, 4.69) is 5.32 Å². The molecule has 0 aliphatic carbocycles. The van der Waals surface area contributed by atoms with Gasteiger partial charge in [0.05, 0.1) is 18.1 Å². The summed E-state index contributed by atoms with van der Waals surface area (Å²) in [5.74, 6) is 1.02. The molecule has 1 saturated heterocycles. The molecule has 1 aromatic carbocycles. The minimum atomic E-state index is -3.54. The molecule has 1 fully saturated rings. The van der Waals surface area contributed by atoms with Crippen LogP contribution in [0.1, 0.15) is 20.3 Å². The third-order valence-electron chi connectivity index (χ3n) is 3.74. The minimum absolute atomic E-state index is 0.00730. The Labute approximate surface area is 132 Å². The zero-order valence-corrected chi connectivity index (χ0v) is 14.1. The van der Waals surface area contributed by atoms with E-state index in [0.29, 0.717) is 31.3 Å². The number of likely N-dealkylation sites (N-methyl/N-ethyl adjacent to an activating group) is 1. The predicted octanol–water partition coefficient (Wildman–Crippen LogP) is 1.47. The maximum Gasteiger partial charge on any atom is 0.243 e. The number of rotatable bonds is 7. The molecule has 6 nitrogen and oxygen atoms in total. The Morgan fingerprint density at radius 3 is 2.50 bits per heavy atom. The largest absolute Gasteiger partial charge is 0.490 e. The predicted molar refractivity (Wildman–Crippen MR) is 85.0 cm³/mol. The van der Waals surface area contributed by atoms with Crippen LogP contribution in [0.3, 0.4) is 0 Å². The smallest absolute Gasteiger partial charge is 0.243 e. The Morgan fingerprint density at radius 2 is 1.91 bits per heavy atom. The van der Waals surface area contributed by atoms with Crippen molar-refractivity contribution in [2.24, 2.45) is 0 Å². The van der Waals surface area contributed by atoms with Crippen LogP contribution in [0.15, 0.2) is 23.1 Å². The van der Waals surface area contributed by atoms with Crippen LogP contribution in [0.4, 0.5) is 0 Å². The molecule has 0 spiro atoms. The van der Waals surface area contributed by atoms with Gasteiger partial charge >= 0.3 is 0 Å². The number of nitrogens with zero attached hydrogens (tertiary/aromatic N) is 1. The van der Waals surface area contributed by atoms with E-state index in [4.69, 9.17) is 9.47 Å². The molecular weight excluding hydrogens is 304 g/mol. The molecule has 0 saturated carbocycles. The van der Waals surface area contributed by atoms with Gasteiger partial charge in [-0.25, -0.2) is 8.42 Å². The average Bonchev–Trinajstić information content (AvgIpc) is 3.02. The molecule has 1 N–H and O–H groups in total. The van der Waals surface area contributed by atoms with Gasteiger partial charge in [0.2, 0.25) is 10.0 Å². The summed E-state index contributed by atoms with van der Waals surface area (Å²) in [6, 6.07) is 4.76. The molecule has 7 heteroatoms. The van der Waals surface area contributed by atoms with E-state index in [-0.39, 0.29) is 10.9 Å². The maximum atomic E-state index is 12.7. The highest BCUT2D eigenvalue weighted by atomic mass is 32.2. The summed E-state index contributed by atoms with van der Waals surface area (Å²) in [4.78, 5) is 0.230. The Hall–Kier alpha value is -1.31. The van der Waals surface area contributed by atoms with Crippen LogP contribution in [-0.2, 0) is 10.0 Å². The van der Waals surface area contributed by atoms with E-state index < -0.39 is 10.0 Å². The van der Waals surface area contributed by atoms with Crippen molar-refractivity contribution in [1.29, 1.82) is 0 Å². The molecule has 1 unspecified atom stereocenters. The fourth-order valence-electron chi connectivity index (χ4n) is 2.50. The summed E-state index contributed by atoms with van der Waals surface area (Å²) in [7, 11) is -1.91. The van der Waals surface area contributed by atoms with E-state index in [1.54, 1.807) is 25.2 Å². The van der Waals surface area contributed by atoms with Crippen molar-refractivity contribution in [3.8, 4) is 11.5 Å². The van der Waals surface area contributed by atoms with Crippen LogP contribution in [0, 0.1) is 0 Å². The Balaban J connectivity index is 2.31. The van der Waals surface area contributed by atoms with Gasteiger partial charge in [0.25, 0.3) is 0 Å². The van der Waals surface area contributed by atoms with Crippen molar-refractivity contribution in [2.45, 2.75) is 31.2 Å². The average molecular weight is 328 g/mol. The molecule has 124 valence electrons. The molecule has 1 atom stereocenters. The van der Waals surface area contributed by atoms with E-state index >= 15 is 0 Å². The van der Waals surface area contributed by atoms with Gasteiger partial charge in [-0.3, -0.25) is 0 Å². The van der Waals surface area contributed by atoms with Gasteiger partial charge in [0, 0.05) is 25.7 Å². The van der Waals surface area contributed by atoms with Crippen molar-refractivity contribution in [2.75, 3.05) is 33.4 Å². The van der Waals surface area contributed by atoms with Gasteiger partial charge in [0.1, 0.15) is 0 Å². The van der Waals surface area contributed by atoms with E-state index in [1.807, 2.05) is 13.8 Å². The fourth-order valence-corrected chi connectivity index (χ4v) is 3.91. The van der Waals surface area contributed by atoms with E-state index in [0.717, 1.165) is 13.0 Å². The van der Waals surface area contributed by atoms with Crippen molar-refractivity contribution < 1.29 is 17.9 Å². The minimum Gasteiger partial charge on any atom is -0.490 e. The lowest BCUT2D eigenvalue weighted by atomic mass is 10.3. The molecule has 22 heavy (non-hydrogen) atoms. The number of hydrogen-bond acceptors (Lipinski definition) is 5. The molecule has 1 heterocycles. The van der Waals surface area contributed by atoms with Gasteiger partial charge in [-0.1, -0.05) is 0 Å². The second kappa shape index (κ2) is 7.30. The van der Waals surface area contributed by atoms with Crippen LogP contribution in [0.25, 0.3) is 0 Å². The summed E-state index contributed by atoms with van der Waals surface area (Å²) in [5, 5.41) is 3.18. The molecule has 2 rings (SSSR count). The van der Waals surface area contributed by atoms with Gasteiger partial charge in [0.15, 0.2) is 11.5 Å². The third kappa shape index (κ3) is 3.53. The van der Waals surface area contributed by atoms with Crippen LogP contribution in [-0.4, -0.2) is 52.1 Å². The lowest BCUT2D eigenvalue weighted by molar-refractivity contribution is 0.287. The van der Waals surface area contributed by atoms with Crippen molar-refractivity contribution >= 4 is 10.0 Å². The lowest BCUT2D eigenvalue weighted by Gasteiger charge is -2.23. The molecule has 1 aliphatic heterocycles. The van der Waals surface area contributed by atoms with Crippen molar-refractivity contribution in [1.82, 2.24) is 9.62 Å². The van der Waals surface area contributed by atoms with Gasteiger partial charge in [-0.15, -0.1) is 0 Å². The molecular formula is C15H24N2O4S. The Kier molecular flexibility index (Phi) is 5.66. The molecule has 0 radical (unpaired) electrons. The first-order valence-corrected chi connectivity index (χ1v) is 9.03. The van der Waals surface area contributed by atoms with Crippen LogP contribution in [0.5, 0.6) is 11.5 Å². The van der Waals surface area contributed by atoms with Crippen LogP contribution >= 0.6 is 0 Å². The van der Waals surface area contributed by atoms with E-state index in [9.17, 15) is 8.42 Å². The third-order valence-corrected chi connectivity index (χ3v) is 5.65. The fraction of sp³-hybridized carbons (Fsp3) is 0.600. The number of benzene rings is 1. The highest BCUT2D eigenvalue weighted by Crippen LogP contribution is 2.31. The van der Waals surface area contributed by atoms with Crippen molar-refractivity contribution in [3.63, 3.8) is 0 Å². The Bertz CT molecular complexity index is 598. The maximum absolute atomic E-state index is 12.7. The molecule has 0 amide bonds. The standard InChI is InChI=1S/C15H24N2O4S/c1-4-20-14-7-6-13(10-15(14)21-5-2)22(18,19)17(3)12-8-9-16-11-12/h6-7,10,12,16H,4-5,8-9,11H2,1-3H3. The SMILES string of the molecule is CCOc1ccc(S(=O)(=O)N(C)C2CCNC2)cc1OCC. The summed E-state index contributed by atoms with van der Waals surface area (Å²) in [5.41, 5.74) is 0. The zero-order valence-electron chi connectivity index (χ0n) is 13.3. The normalized spacial score (nSPS) is 18.6. The number of sulfonamides is 1. The van der Waals surface area contributed by atoms with Gasteiger partial charge in [-0.2, -0.15) is 4.31 Å². The lowest BCUT2D eigenvalue weighted by Crippen LogP contribution is -2.38. The molecule has 1 aliphatic rings. The summed E-state index contributed by atoms with van der Waals surface area (Å²) in [6.45, 7) is 6.21. The first kappa shape index (κ1) is 17.1. The van der Waals surface area contributed by atoms with E-state index in [1.165, 1.54) is 4.31 Å². The number of ether oxygens (including phenoxy) is 2. The van der Waals surface area contributed by atoms with Crippen LogP contribution < -0.4 is 14.8 Å². The zero-order chi connectivity index (χ0) is 16.2. The molecule has 1 aromatic rings. The second-order valence-corrected chi connectivity index (χ2v) is 7.14. The second-order valence-electron chi connectivity index (χ2n) is 5.14. The first-order chi connectivity index (χ1) is 10.5. The first-order valence-electron chi connectivity index (χ1n) is 7.59. The van der Waals surface area contributed by atoms with Gasteiger partial charge in [-0.05, 0) is 38.9 Å². The monoisotopic (exact) mass is 328 g/mol. The highest BCUT2D eigenvalue weighted by Gasteiger charge is 2.30. The quantitative estimate of drug-likeness (QED) is 0.821. The number of nitrogens with one attached hydrogen (secondary N) is 1. The van der Waals surface area contributed by atoms with Crippen molar-refractivity contribution in [3.05, 3.63) is 18.2 Å². The summed E-state index contributed by atoms with van der Waals surface area (Å²) in [6.07, 6.45) is 0.824. The number of hydrogen-bond donors (Lipinski definition) is 1. The summed E-state index contributed by atoms with van der Waals surface area (Å²) < 4.78 is 37.9. The highest BCUT2D eigenvalue weighted by molar-refractivity contribution is 7.89.